The summed E-state index contributed by atoms with van der Waals surface area (Å²) in [4.78, 5) is 15.8. The van der Waals surface area contributed by atoms with E-state index in [2.05, 4.69) is 6.08 Å². The molecular weight excluding hydrogens is 1400 g/mol. The first-order valence-electron chi connectivity index (χ1n) is 36.8. The van der Waals surface area contributed by atoms with Crippen LogP contribution in [-0.2, 0) is 71.1 Å². The minimum Gasteiger partial charge on any atom is -0.432 e. The lowest BCUT2D eigenvalue weighted by Crippen LogP contribution is -2.73. The van der Waals surface area contributed by atoms with Gasteiger partial charge in [0.25, 0.3) is 0 Å². The Bertz CT molecular complexity index is 3030. The number of aliphatic hydroxyl groups is 20. The van der Waals surface area contributed by atoms with Crippen LogP contribution in [0.2, 0.25) is 0 Å². The molecule has 0 bridgehead atoms. The van der Waals surface area contributed by atoms with Crippen molar-refractivity contribution >= 4 is 5.97 Å². The van der Waals surface area contributed by atoms with Gasteiger partial charge in [-0.2, -0.15) is 0 Å². The Morgan fingerprint density at radius 2 is 1.02 bits per heavy atom. The van der Waals surface area contributed by atoms with Crippen LogP contribution < -0.4 is 0 Å². The highest BCUT2D eigenvalue weighted by Crippen LogP contribution is 2.76. The van der Waals surface area contributed by atoms with Crippen LogP contribution in [0.15, 0.2) is 11.6 Å². The first-order chi connectivity index (χ1) is 49.1. The predicted molar refractivity (Wildman–Crippen MR) is 347 cm³/mol. The summed E-state index contributed by atoms with van der Waals surface area (Å²) in [5, 5.41) is 228. The van der Waals surface area contributed by atoms with Gasteiger partial charge in [-0.15, -0.1) is 0 Å². The molecule has 43 atom stereocenters. The number of hydrogen-bond donors (Lipinski definition) is 20. The van der Waals surface area contributed by atoms with Gasteiger partial charge in [0, 0.05) is 16.7 Å². The molecule has 0 aromatic heterocycles. The van der Waals surface area contributed by atoms with Crippen LogP contribution in [0.1, 0.15) is 114 Å². The molecule has 11 fully saturated rings. The van der Waals surface area contributed by atoms with Crippen LogP contribution in [0.4, 0.5) is 0 Å². The lowest BCUT2D eigenvalue weighted by atomic mass is 9.32. The maximum atomic E-state index is 15.8. The second kappa shape index (κ2) is 30.3. The molecule has 35 heteroatoms. The van der Waals surface area contributed by atoms with Gasteiger partial charge in [0.15, 0.2) is 43.8 Å². The number of fused-ring (bicyclic) bond motifs is 7. The molecule has 12 aliphatic rings. The van der Waals surface area contributed by atoms with Gasteiger partial charge in [-0.1, -0.05) is 60.1 Å². The summed E-state index contributed by atoms with van der Waals surface area (Å²) in [5.74, 6) is -2.94. The Morgan fingerprint density at radius 3 is 1.63 bits per heavy atom. The summed E-state index contributed by atoms with van der Waals surface area (Å²) >= 11 is 0. The first kappa shape index (κ1) is 82.4. The average Bonchev–Trinajstić information content (AvgIpc) is 0.978. The SMILES string of the molecule is C[C@@H]1O[C@@H](O[C@@H]2[C@@H](O)[C@H](O[C@@H]3[C@@H](O[C@@H]4O[C@@H](C)[C@H](O)[C@@H](O)[C@H]4O)[C@@H](O)[C@H](O[C@H]4[C@H](OC(=O)[C@]56CCC(C)(C)C[C@H]5C5=CC[C@@H]7[C@@]8(C)C[C@H](O)[C@H](O[C@@H]9O[C@H](CO)[C@@H](O[C@@H]%10OC[C@](C)(CO)[C@H]%10O)[C@H](O)[C@H]9O)[C@@](C)(CO)[C@@H]8[C@H](O)C[C@@]7(C)[C@]5(C)C[C@H]6O)OC[C@@H](O)[C@@H]4O)O[C@H]3C)OC[C@H]2O)[C@H](O)[C@H](O)[C@H]1O. The maximum Gasteiger partial charge on any atom is 0.317 e. The quantitative estimate of drug-likeness (QED) is 0.0366. The van der Waals surface area contributed by atoms with Gasteiger partial charge in [0.05, 0.1) is 82.4 Å². The standard InChI is InChI=1S/C70H114O35/c1-25-37(79)40(82)43(85)57(95-25)100-49-33(77)21-92-56(46(49)88)99-48-27(3)97-60(47(89)51(48)102-58-44(86)41(83)38(80)26(2)96-58)103-52-39(81)32(76)20-93-61(52)105-63(91)70-14-13-64(4,5)15-29(70)28-11-12-35-66(7)16-31(75)55(67(8,23-73)53(66)30(74)17-69(35,10)68(28,9)18-36(70)78)104-59-45(87)42(84)50(34(19-71)98-59)101-62-54(90)65(6,22-72)24-94-62/h11,25-27,29-62,71-90H,12-24H2,1-10H3/t25-,26-,27-,29-,30+,31-,32+,33+,34+,35+,36+,37-,38-,39-,40+,41+,42+,43+,44+,45+,46+,47+,48-,49-,50+,51-,52+,53+,54-,55-,56-,57-,58-,59-,60-,61-,62-,65-,66+,67-,68+,69+,70+/m0/s1. The normalized spacial score (nSPS) is 56.5. The van der Waals surface area contributed by atoms with Crippen LogP contribution in [0.25, 0.3) is 0 Å². The molecule has 12 rings (SSSR count). The highest BCUT2D eigenvalue weighted by Gasteiger charge is 2.75. The molecule has 604 valence electrons. The second-order valence-electron chi connectivity index (χ2n) is 34.3. The Labute approximate surface area is 607 Å². The predicted octanol–water partition coefficient (Wildman–Crippen LogP) is -6.40. The van der Waals surface area contributed by atoms with E-state index < -0.39 is 303 Å². The third-order valence-electron chi connectivity index (χ3n) is 26.9. The van der Waals surface area contributed by atoms with Gasteiger partial charge in [0.1, 0.15) is 121 Å². The number of esters is 1. The highest BCUT2D eigenvalue weighted by atomic mass is 16.8. The van der Waals surface area contributed by atoms with E-state index in [1.54, 1.807) is 13.8 Å². The molecule has 0 spiro atoms. The summed E-state index contributed by atoms with van der Waals surface area (Å²) < 4.78 is 84.3. The van der Waals surface area contributed by atoms with Crippen molar-refractivity contribution < 1.29 is 173 Å². The van der Waals surface area contributed by atoms with Crippen LogP contribution >= 0.6 is 0 Å². The molecule has 20 N–H and O–H groups in total. The van der Waals surface area contributed by atoms with E-state index in [1.165, 1.54) is 20.8 Å². The van der Waals surface area contributed by atoms with E-state index in [4.69, 9.17) is 66.3 Å². The minimum atomic E-state index is -2.13. The van der Waals surface area contributed by atoms with Gasteiger partial charge >= 0.3 is 5.97 Å². The summed E-state index contributed by atoms with van der Waals surface area (Å²) in [6.45, 7) is 14.3. The number of allylic oxidation sites excluding steroid dienone is 2. The fourth-order valence-electron chi connectivity index (χ4n) is 20.5. The summed E-state index contributed by atoms with van der Waals surface area (Å²) in [6.07, 6.45) is -53.2. The molecule has 5 aliphatic carbocycles. The van der Waals surface area contributed by atoms with Crippen molar-refractivity contribution in [1.29, 1.82) is 0 Å². The Morgan fingerprint density at radius 1 is 0.476 bits per heavy atom. The zero-order valence-electron chi connectivity index (χ0n) is 60.7. The molecule has 0 amide bonds. The van der Waals surface area contributed by atoms with Crippen molar-refractivity contribution in [3.63, 3.8) is 0 Å². The molecule has 105 heavy (non-hydrogen) atoms. The molecule has 0 unspecified atom stereocenters. The van der Waals surface area contributed by atoms with Crippen molar-refractivity contribution in [3.05, 3.63) is 11.6 Å². The molecule has 35 nitrogen and oxygen atoms in total. The number of carbonyl (C=O) groups excluding carboxylic acids is 1. The van der Waals surface area contributed by atoms with Gasteiger partial charge < -0.3 is 168 Å². The fraction of sp³-hybridized carbons (Fsp3) is 0.957. The Kier molecular flexibility index (Phi) is 23.8. The van der Waals surface area contributed by atoms with Crippen LogP contribution in [0.3, 0.4) is 0 Å². The van der Waals surface area contributed by atoms with Crippen molar-refractivity contribution in [2.45, 2.75) is 323 Å². The van der Waals surface area contributed by atoms with E-state index in [-0.39, 0.29) is 32.3 Å². The summed E-state index contributed by atoms with van der Waals surface area (Å²) in [7, 11) is 0. The monoisotopic (exact) mass is 1510 g/mol. The first-order valence-corrected chi connectivity index (χ1v) is 36.8. The third-order valence-corrected chi connectivity index (χ3v) is 26.9. The molecule has 0 aromatic carbocycles. The molecule has 0 radical (unpaired) electrons. The number of aliphatic hydroxyl groups excluding tert-OH is 20. The Balaban J connectivity index is 0.785. The zero-order valence-corrected chi connectivity index (χ0v) is 60.7. The van der Waals surface area contributed by atoms with Gasteiger partial charge in [-0.3, -0.25) is 4.79 Å². The lowest BCUT2D eigenvalue weighted by Gasteiger charge is -2.73. The maximum absolute atomic E-state index is 15.8. The van der Waals surface area contributed by atoms with Gasteiger partial charge in [-0.05, 0) is 99.2 Å². The number of hydrogen-bond acceptors (Lipinski definition) is 35. The molecule has 4 saturated carbocycles. The molecular formula is C70H114O35. The minimum absolute atomic E-state index is 0.0289. The third kappa shape index (κ3) is 13.9. The second-order valence-corrected chi connectivity index (χ2v) is 34.3. The van der Waals surface area contributed by atoms with Gasteiger partial charge in [0.2, 0.25) is 6.29 Å². The summed E-state index contributed by atoms with van der Waals surface area (Å²) in [5.41, 5.74) is -6.90. The van der Waals surface area contributed by atoms with Crippen LogP contribution in [-0.4, -0.2) is 357 Å². The van der Waals surface area contributed by atoms with Gasteiger partial charge in [-0.25, -0.2) is 0 Å². The smallest absolute Gasteiger partial charge is 0.317 e. The Hall–Kier alpha value is -2.11. The number of rotatable bonds is 17. The van der Waals surface area contributed by atoms with E-state index in [1.807, 2.05) is 34.6 Å². The van der Waals surface area contributed by atoms with E-state index in [0.29, 0.717) is 19.3 Å². The number of carbonyl (C=O) groups is 1. The van der Waals surface area contributed by atoms with E-state index in [0.717, 1.165) is 5.57 Å². The molecule has 7 saturated heterocycles. The number of ether oxygens (including phenoxy) is 14. The topological polar surface area (TPSA) is 551 Å². The highest BCUT2D eigenvalue weighted by molar-refractivity contribution is 5.80. The van der Waals surface area contributed by atoms with Crippen molar-refractivity contribution in [2.24, 2.45) is 55.7 Å². The molecule has 7 aliphatic heterocycles. The average molecular weight is 1520 g/mol. The van der Waals surface area contributed by atoms with Crippen molar-refractivity contribution in [3.8, 4) is 0 Å². The van der Waals surface area contributed by atoms with E-state index >= 15 is 4.79 Å². The van der Waals surface area contributed by atoms with E-state index in [9.17, 15) is 102 Å². The molecule has 7 heterocycles. The van der Waals surface area contributed by atoms with Crippen molar-refractivity contribution in [2.75, 3.05) is 39.6 Å². The fourth-order valence-corrected chi connectivity index (χ4v) is 20.5. The largest absolute Gasteiger partial charge is 0.432 e. The van der Waals surface area contributed by atoms with Crippen LogP contribution in [0, 0.1) is 55.7 Å². The van der Waals surface area contributed by atoms with Crippen LogP contribution in [0.5, 0.6) is 0 Å². The zero-order chi connectivity index (χ0) is 76.8. The lowest BCUT2D eigenvalue weighted by molar-refractivity contribution is -0.395. The summed E-state index contributed by atoms with van der Waals surface area (Å²) in [6, 6.07) is 0. The van der Waals surface area contributed by atoms with Crippen molar-refractivity contribution in [1.82, 2.24) is 0 Å². The molecule has 0 aromatic rings.